The van der Waals surface area contributed by atoms with Crippen LogP contribution in [-0.4, -0.2) is 19.0 Å². The van der Waals surface area contributed by atoms with E-state index in [1.807, 2.05) is 13.0 Å². The standard InChI is InChI=1S/C30H46N2O2S/c1-21-28(35(33,34)31-26-14-11-15-26)19-27(32(21)20-22-12-9-8-10-13-22)23-16-24(29(2,3)4)18-25(17-23)30(5,6)7/h16-19,22,26,31H,8-15,20H2,1-7H3. The van der Waals surface area contributed by atoms with E-state index in [0.29, 0.717) is 10.8 Å². The van der Waals surface area contributed by atoms with Crippen LogP contribution < -0.4 is 4.72 Å². The molecule has 0 amide bonds. The van der Waals surface area contributed by atoms with Crippen LogP contribution in [-0.2, 0) is 27.4 Å². The van der Waals surface area contributed by atoms with Crippen molar-refractivity contribution in [1.29, 1.82) is 0 Å². The highest BCUT2D eigenvalue weighted by Gasteiger charge is 2.30. The SMILES string of the molecule is Cc1c(S(=O)(=O)NC2CCC2)cc(-c2cc(C(C)(C)C)cc(C(C)(C)C)c2)n1CC1CCCCC1. The van der Waals surface area contributed by atoms with E-state index < -0.39 is 10.0 Å². The van der Waals surface area contributed by atoms with Crippen molar-refractivity contribution in [2.75, 3.05) is 0 Å². The third kappa shape index (κ3) is 5.88. The molecule has 0 saturated heterocycles. The van der Waals surface area contributed by atoms with E-state index in [4.69, 9.17) is 0 Å². The summed E-state index contributed by atoms with van der Waals surface area (Å²) in [6, 6.07) is 8.95. The van der Waals surface area contributed by atoms with Gasteiger partial charge in [0.15, 0.2) is 0 Å². The molecule has 2 aromatic rings. The van der Waals surface area contributed by atoms with Crippen molar-refractivity contribution in [2.24, 2.45) is 5.92 Å². The average Bonchev–Trinajstić information content (AvgIpc) is 3.07. The van der Waals surface area contributed by atoms with Gasteiger partial charge in [0, 0.05) is 24.0 Å². The Bertz CT molecular complexity index is 1120. The predicted molar refractivity (Wildman–Crippen MR) is 147 cm³/mol. The third-order valence-corrected chi connectivity index (χ3v) is 9.80. The second-order valence-electron chi connectivity index (χ2n) is 13.1. The fraction of sp³-hybridized carbons (Fsp3) is 0.667. The molecule has 2 fully saturated rings. The predicted octanol–water partition coefficient (Wildman–Crippen LogP) is 7.47. The zero-order valence-corrected chi connectivity index (χ0v) is 23.8. The number of sulfonamides is 1. The minimum absolute atomic E-state index is 0.00648. The third-order valence-electron chi connectivity index (χ3n) is 8.16. The van der Waals surface area contributed by atoms with Gasteiger partial charge in [-0.15, -0.1) is 0 Å². The quantitative estimate of drug-likeness (QED) is 0.449. The molecule has 4 rings (SSSR count). The van der Waals surface area contributed by atoms with Crippen molar-refractivity contribution in [3.8, 4) is 11.3 Å². The molecule has 0 atom stereocenters. The van der Waals surface area contributed by atoms with E-state index in [-0.39, 0.29) is 16.9 Å². The number of hydrogen-bond donors (Lipinski definition) is 1. The molecule has 0 spiro atoms. The van der Waals surface area contributed by atoms with E-state index >= 15 is 0 Å². The van der Waals surface area contributed by atoms with Crippen LogP contribution in [0.3, 0.4) is 0 Å². The summed E-state index contributed by atoms with van der Waals surface area (Å²) < 4.78 is 32.2. The van der Waals surface area contributed by atoms with E-state index in [0.717, 1.165) is 42.8 Å². The summed E-state index contributed by atoms with van der Waals surface area (Å²) in [6.07, 6.45) is 9.33. The largest absolute Gasteiger partial charge is 0.343 e. The minimum Gasteiger partial charge on any atom is -0.343 e. The highest BCUT2D eigenvalue weighted by Crippen LogP contribution is 2.38. The average molecular weight is 499 g/mol. The Morgan fingerprint density at radius 2 is 1.40 bits per heavy atom. The maximum absolute atomic E-state index is 13.5. The van der Waals surface area contributed by atoms with E-state index in [2.05, 4.69) is 69.0 Å². The van der Waals surface area contributed by atoms with Gasteiger partial charge in [0.25, 0.3) is 0 Å². The molecule has 1 aromatic heterocycles. The molecule has 35 heavy (non-hydrogen) atoms. The first-order valence-corrected chi connectivity index (χ1v) is 15.1. The number of aromatic nitrogens is 1. The van der Waals surface area contributed by atoms with Gasteiger partial charge in [0.05, 0.1) is 0 Å². The summed E-state index contributed by atoms with van der Waals surface area (Å²) >= 11 is 0. The molecule has 2 aliphatic rings. The van der Waals surface area contributed by atoms with Gasteiger partial charge in [-0.2, -0.15) is 0 Å². The van der Waals surface area contributed by atoms with Crippen molar-refractivity contribution < 1.29 is 8.42 Å². The Kier molecular flexibility index (Phi) is 7.34. The maximum Gasteiger partial charge on any atom is 0.242 e. The van der Waals surface area contributed by atoms with Crippen molar-refractivity contribution in [1.82, 2.24) is 9.29 Å². The maximum atomic E-state index is 13.5. The Balaban J connectivity index is 1.86. The zero-order chi connectivity index (χ0) is 25.6. The van der Waals surface area contributed by atoms with Crippen LogP contribution >= 0.6 is 0 Å². The first-order chi connectivity index (χ1) is 16.3. The first-order valence-electron chi connectivity index (χ1n) is 13.6. The summed E-state index contributed by atoms with van der Waals surface area (Å²) in [5, 5.41) is 0. The molecule has 0 unspecified atom stereocenters. The fourth-order valence-electron chi connectivity index (χ4n) is 5.45. The van der Waals surface area contributed by atoms with Gasteiger partial charge in [0.1, 0.15) is 4.90 Å². The first kappa shape index (κ1) is 26.5. The molecule has 1 heterocycles. The van der Waals surface area contributed by atoms with Crippen LogP contribution in [0.25, 0.3) is 11.3 Å². The molecular weight excluding hydrogens is 452 g/mol. The lowest BCUT2D eigenvalue weighted by Gasteiger charge is -2.27. The summed E-state index contributed by atoms with van der Waals surface area (Å²) in [7, 11) is -3.55. The molecular formula is C30H46N2O2S. The van der Waals surface area contributed by atoms with Crippen LogP contribution in [0.2, 0.25) is 0 Å². The van der Waals surface area contributed by atoms with Crippen LogP contribution in [0.4, 0.5) is 0 Å². The normalized spacial score (nSPS) is 18.6. The lowest BCUT2D eigenvalue weighted by atomic mass is 9.79. The number of rotatable bonds is 6. The summed E-state index contributed by atoms with van der Waals surface area (Å²) in [4.78, 5) is 0.452. The smallest absolute Gasteiger partial charge is 0.242 e. The summed E-state index contributed by atoms with van der Waals surface area (Å²) in [5.74, 6) is 0.608. The molecule has 0 radical (unpaired) electrons. The molecule has 4 nitrogen and oxygen atoms in total. The second kappa shape index (κ2) is 9.70. The Morgan fingerprint density at radius 1 is 0.829 bits per heavy atom. The Hall–Kier alpha value is -1.59. The van der Waals surface area contributed by atoms with Gasteiger partial charge in [-0.05, 0) is 84.2 Å². The molecule has 194 valence electrons. The van der Waals surface area contributed by atoms with Crippen molar-refractivity contribution in [2.45, 2.75) is 128 Å². The zero-order valence-electron chi connectivity index (χ0n) is 23.0. The fourth-order valence-corrected chi connectivity index (χ4v) is 7.01. The molecule has 1 N–H and O–H groups in total. The number of hydrogen-bond acceptors (Lipinski definition) is 2. The number of benzene rings is 1. The van der Waals surface area contributed by atoms with Crippen LogP contribution in [0.5, 0.6) is 0 Å². The van der Waals surface area contributed by atoms with Crippen molar-refractivity contribution >= 4 is 10.0 Å². The minimum atomic E-state index is -3.55. The monoisotopic (exact) mass is 498 g/mol. The number of nitrogens with one attached hydrogen (secondary N) is 1. The van der Waals surface area contributed by atoms with Gasteiger partial charge in [0.2, 0.25) is 10.0 Å². The molecule has 5 heteroatoms. The van der Waals surface area contributed by atoms with Crippen LogP contribution in [0.1, 0.15) is 110 Å². The molecule has 2 aliphatic carbocycles. The Morgan fingerprint density at radius 3 is 1.89 bits per heavy atom. The van der Waals surface area contributed by atoms with Gasteiger partial charge in [-0.25, -0.2) is 13.1 Å². The molecule has 0 bridgehead atoms. The Labute approximate surface area is 214 Å². The number of nitrogens with zero attached hydrogens (tertiary/aromatic N) is 1. The van der Waals surface area contributed by atoms with Gasteiger partial charge < -0.3 is 4.57 Å². The van der Waals surface area contributed by atoms with E-state index in [9.17, 15) is 8.42 Å². The van der Waals surface area contributed by atoms with Gasteiger partial charge in [-0.1, -0.05) is 73.3 Å². The summed E-state index contributed by atoms with van der Waals surface area (Å²) in [6.45, 7) is 16.4. The lowest BCUT2D eigenvalue weighted by Crippen LogP contribution is -2.39. The highest BCUT2D eigenvalue weighted by atomic mass is 32.2. The summed E-state index contributed by atoms with van der Waals surface area (Å²) in [5.41, 5.74) is 5.64. The van der Waals surface area contributed by atoms with E-state index in [1.54, 1.807) is 0 Å². The molecule has 0 aliphatic heterocycles. The second-order valence-corrected chi connectivity index (χ2v) is 14.8. The van der Waals surface area contributed by atoms with Gasteiger partial charge >= 0.3 is 0 Å². The van der Waals surface area contributed by atoms with Crippen molar-refractivity contribution in [3.05, 3.63) is 41.1 Å². The molecule has 1 aromatic carbocycles. The molecule has 2 saturated carbocycles. The highest BCUT2D eigenvalue weighted by molar-refractivity contribution is 7.89. The van der Waals surface area contributed by atoms with E-state index in [1.165, 1.54) is 43.2 Å². The van der Waals surface area contributed by atoms with Crippen LogP contribution in [0, 0.1) is 12.8 Å². The van der Waals surface area contributed by atoms with Crippen LogP contribution in [0.15, 0.2) is 29.2 Å². The lowest BCUT2D eigenvalue weighted by molar-refractivity contribution is 0.318. The topological polar surface area (TPSA) is 51.1 Å². The van der Waals surface area contributed by atoms with Crippen molar-refractivity contribution in [3.63, 3.8) is 0 Å². The van der Waals surface area contributed by atoms with Gasteiger partial charge in [-0.3, -0.25) is 0 Å².